The lowest BCUT2D eigenvalue weighted by molar-refractivity contribution is 0.0955. The Balaban J connectivity index is 1.61. The summed E-state index contributed by atoms with van der Waals surface area (Å²) in [7, 11) is 0. The fourth-order valence-electron chi connectivity index (χ4n) is 3.27. The van der Waals surface area contributed by atoms with Gasteiger partial charge in [0.2, 0.25) is 0 Å². The Hall–Kier alpha value is -3.81. The molecule has 0 radical (unpaired) electrons. The molecule has 1 amide bonds. The summed E-state index contributed by atoms with van der Waals surface area (Å²) in [5.74, 6) is -0.0306. The smallest absolute Gasteiger partial charge is 0.252 e. The van der Waals surface area contributed by atoms with Crippen molar-refractivity contribution in [1.29, 1.82) is 0 Å². The van der Waals surface area contributed by atoms with Crippen LogP contribution in [0.4, 0.5) is 0 Å². The highest BCUT2D eigenvalue weighted by Gasteiger charge is 2.19. The van der Waals surface area contributed by atoms with Crippen LogP contribution in [0.15, 0.2) is 53.3 Å². The van der Waals surface area contributed by atoms with E-state index in [4.69, 9.17) is 4.42 Å². The molecule has 3 N–H and O–H groups in total. The molecule has 0 aliphatic heterocycles. The number of benzene rings is 1. The largest absolute Gasteiger partial charge is 0.504 e. The van der Waals surface area contributed by atoms with Gasteiger partial charge in [-0.3, -0.25) is 4.79 Å². The topological polar surface area (TPSA) is 113 Å². The minimum atomic E-state index is -0.249. The molecule has 0 atom stereocenters. The second kappa shape index (κ2) is 7.90. The number of fused-ring (bicyclic) bond motifs is 1. The van der Waals surface area contributed by atoms with E-state index in [9.17, 15) is 15.0 Å². The molecular formula is C22H22N4O4. The van der Waals surface area contributed by atoms with Crippen LogP contribution in [0.25, 0.3) is 22.5 Å². The van der Waals surface area contributed by atoms with Crippen LogP contribution in [0.2, 0.25) is 0 Å². The van der Waals surface area contributed by atoms with Gasteiger partial charge in [0.1, 0.15) is 5.69 Å². The zero-order chi connectivity index (χ0) is 21.3. The van der Waals surface area contributed by atoms with Crippen LogP contribution in [0.5, 0.6) is 11.5 Å². The van der Waals surface area contributed by atoms with E-state index in [2.05, 4.69) is 15.4 Å². The molecule has 3 heterocycles. The van der Waals surface area contributed by atoms with E-state index in [0.29, 0.717) is 41.0 Å². The Kier molecular flexibility index (Phi) is 5.14. The number of furan rings is 1. The summed E-state index contributed by atoms with van der Waals surface area (Å²) in [6, 6.07) is 9.96. The number of amides is 1. The van der Waals surface area contributed by atoms with Crippen molar-refractivity contribution in [1.82, 2.24) is 20.1 Å². The summed E-state index contributed by atoms with van der Waals surface area (Å²) in [6.45, 7) is 4.36. The average molecular weight is 406 g/mol. The molecule has 3 aromatic heterocycles. The van der Waals surface area contributed by atoms with Crippen LogP contribution in [-0.2, 0) is 6.42 Å². The van der Waals surface area contributed by atoms with Gasteiger partial charge < -0.3 is 19.9 Å². The van der Waals surface area contributed by atoms with E-state index in [-0.39, 0.29) is 23.4 Å². The van der Waals surface area contributed by atoms with E-state index >= 15 is 0 Å². The van der Waals surface area contributed by atoms with Crippen LogP contribution in [0.1, 0.15) is 35.8 Å². The van der Waals surface area contributed by atoms with E-state index in [1.807, 2.05) is 13.8 Å². The molecule has 0 fully saturated rings. The highest BCUT2D eigenvalue weighted by atomic mass is 16.3. The summed E-state index contributed by atoms with van der Waals surface area (Å²) in [5, 5.41) is 27.0. The van der Waals surface area contributed by atoms with Crippen LogP contribution in [0.3, 0.4) is 0 Å². The number of pyridine rings is 1. The summed E-state index contributed by atoms with van der Waals surface area (Å²) < 4.78 is 7.25. The van der Waals surface area contributed by atoms with Gasteiger partial charge in [-0.05, 0) is 56.2 Å². The van der Waals surface area contributed by atoms with Gasteiger partial charge in [0.15, 0.2) is 22.9 Å². The highest BCUT2D eigenvalue weighted by molar-refractivity contribution is 6.06. The highest BCUT2D eigenvalue weighted by Crippen LogP contribution is 2.27. The minimum absolute atomic E-state index is 0.0833. The normalized spacial score (nSPS) is 11.3. The molecule has 0 unspecified atom stereocenters. The first-order valence-electron chi connectivity index (χ1n) is 9.65. The Morgan fingerprint density at radius 3 is 2.73 bits per heavy atom. The number of nitrogens with zero attached hydrogens (tertiary/aromatic N) is 3. The second-order valence-corrected chi connectivity index (χ2v) is 7.28. The second-order valence-electron chi connectivity index (χ2n) is 7.28. The van der Waals surface area contributed by atoms with Crippen LogP contribution in [-0.4, -0.2) is 37.4 Å². The third-order valence-electron chi connectivity index (χ3n) is 4.81. The lowest BCUT2D eigenvalue weighted by Crippen LogP contribution is -2.26. The first-order valence-corrected chi connectivity index (χ1v) is 9.65. The van der Waals surface area contributed by atoms with Crippen molar-refractivity contribution >= 4 is 16.9 Å². The number of hydrogen-bond acceptors (Lipinski definition) is 6. The monoisotopic (exact) mass is 406 g/mol. The molecule has 0 saturated carbocycles. The van der Waals surface area contributed by atoms with Gasteiger partial charge in [0, 0.05) is 12.6 Å². The lowest BCUT2D eigenvalue weighted by atomic mass is 10.1. The van der Waals surface area contributed by atoms with E-state index < -0.39 is 0 Å². The number of aromatic hydroxyl groups is 2. The van der Waals surface area contributed by atoms with Crippen molar-refractivity contribution in [3.63, 3.8) is 0 Å². The maximum Gasteiger partial charge on any atom is 0.252 e. The Morgan fingerprint density at radius 2 is 2.03 bits per heavy atom. The molecule has 4 rings (SSSR count). The maximum atomic E-state index is 13.0. The van der Waals surface area contributed by atoms with Crippen LogP contribution < -0.4 is 5.32 Å². The van der Waals surface area contributed by atoms with Gasteiger partial charge in [-0.25, -0.2) is 9.67 Å². The zero-order valence-corrected chi connectivity index (χ0v) is 16.7. The van der Waals surface area contributed by atoms with Crippen molar-refractivity contribution in [2.45, 2.75) is 26.3 Å². The predicted molar refractivity (Wildman–Crippen MR) is 111 cm³/mol. The van der Waals surface area contributed by atoms with Gasteiger partial charge in [0.25, 0.3) is 5.91 Å². The quantitative estimate of drug-likeness (QED) is 0.421. The minimum Gasteiger partial charge on any atom is -0.504 e. The lowest BCUT2D eigenvalue weighted by Gasteiger charge is -2.10. The van der Waals surface area contributed by atoms with Crippen LogP contribution >= 0.6 is 0 Å². The third-order valence-corrected chi connectivity index (χ3v) is 4.81. The van der Waals surface area contributed by atoms with Gasteiger partial charge >= 0.3 is 0 Å². The van der Waals surface area contributed by atoms with Gasteiger partial charge in [-0.15, -0.1) is 0 Å². The van der Waals surface area contributed by atoms with Crippen molar-refractivity contribution in [2.24, 2.45) is 0 Å². The Labute approximate surface area is 172 Å². The van der Waals surface area contributed by atoms with Crippen molar-refractivity contribution < 1.29 is 19.4 Å². The molecule has 0 spiro atoms. The Bertz CT molecular complexity index is 1200. The summed E-state index contributed by atoms with van der Waals surface area (Å²) in [6.07, 6.45) is 3.72. The predicted octanol–water partition coefficient (Wildman–Crippen LogP) is 3.66. The zero-order valence-electron chi connectivity index (χ0n) is 16.7. The average Bonchev–Trinajstić information content (AvgIpc) is 3.39. The molecule has 30 heavy (non-hydrogen) atoms. The van der Waals surface area contributed by atoms with Gasteiger partial charge in [-0.2, -0.15) is 5.10 Å². The van der Waals surface area contributed by atoms with Crippen molar-refractivity contribution in [3.8, 4) is 23.0 Å². The number of carbonyl (C=O) groups excluding carboxylic acids is 1. The summed E-state index contributed by atoms with van der Waals surface area (Å²) in [4.78, 5) is 17.6. The van der Waals surface area contributed by atoms with Gasteiger partial charge in [0.05, 0.1) is 23.4 Å². The maximum absolute atomic E-state index is 13.0. The van der Waals surface area contributed by atoms with Crippen molar-refractivity contribution in [2.75, 3.05) is 6.54 Å². The van der Waals surface area contributed by atoms with E-state index in [1.165, 1.54) is 12.1 Å². The SMILES string of the molecule is CC(C)n1ncc2c(C(=O)NCCc3ccc(O)c(O)c3)cc(-c3ccco3)nc21. The van der Waals surface area contributed by atoms with E-state index in [1.54, 1.807) is 41.4 Å². The first-order chi connectivity index (χ1) is 14.4. The molecule has 0 bridgehead atoms. The number of hydrogen-bond donors (Lipinski definition) is 3. The van der Waals surface area contributed by atoms with E-state index in [0.717, 1.165) is 5.56 Å². The number of phenolic OH excluding ortho intramolecular Hbond substituents is 2. The first kappa shape index (κ1) is 19.5. The molecule has 8 nitrogen and oxygen atoms in total. The molecule has 8 heteroatoms. The number of carbonyl (C=O) groups is 1. The summed E-state index contributed by atoms with van der Waals surface area (Å²) >= 11 is 0. The standard InChI is InChI=1S/C22H22N4O4/c1-13(2)26-21-16(12-24-26)15(11-17(25-21)20-4-3-9-30-20)22(29)23-8-7-14-5-6-18(27)19(28)10-14/h3-6,9-13,27-28H,7-8H2,1-2H3,(H,23,29). The fraction of sp³-hybridized carbons (Fsp3) is 0.227. The number of rotatable bonds is 6. The third kappa shape index (κ3) is 3.71. The summed E-state index contributed by atoms with van der Waals surface area (Å²) in [5.41, 5.74) is 2.44. The fourth-order valence-corrected chi connectivity index (χ4v) is 3.27. The van der Waals surface area contributed by atoms with Gasteiger partial charge in [-0.1, -0.05) is 6.07 Å². The molecule has 0 aliphatic rings. The number of phenols is 2. The number of aromatic nitrogens is 3. The number of nitrogens with one attached hydrogen (secondary N) is 1. The van der Waals surface area contributed by atoms with Crippen molar-refractivity contribution in [3.05, 3.63) is 60.0 Å². The van der Waals surface area contributed by atoms with Crippen LogP contribution in [0, 0.1) is 0 Å². The molecule has 0 saturated heterocycles. The molecule has 1 aromatic carbocycles. The molecule has 4 aromatic rings. The molecular weight excluding hydrogens is 384 g/mol. The molecule has 0 aliphatic carbocycles. The Morgan fingerprint density at radius 1 is 1.20 bits per heavy atom. The molecule has 154 valence electrons.